The fraction of sp³-hybridized carbons (Fsp3) is 0.0500. The molecule has 0 aliphatic heterocycles. The van der Waals surface area contributed by atoms with E-state index in [2.05, 4.69) is 67.5 Å². The molecule has 0 N–H and O–H groups in total. The summed E-state index contributed by atoms with van der Waals surface area (Å²) in [5.41, 5.74) is 4.25. The van der Waals surface area contributed by atoms with Crippen LogP contribution in [0.2, 0.25) is 0 Å². The highest BCUT2D eigenvalue weighted by atomic mass is 79.9. The molecular weight excluding hydrogens is 408 g/mol. The molecule has 0 bridgehead atoms. The Morgan fingerprint density at radius 2 is 1.69 bits per heavy atom. The van der Waals surface area contributed by atoms with Gasteiger partial charge in [-0.1, -0.05) is 52.0 Å². The molecule has 0 radical (unpaired) electrons. The third-order valence-electron chi connectivity index (χ3n) is 3.91. The Labute approximate surface area is 164 Å². The summed E-state index contributed by atoms with van der Waals surface area (Å²) >= 11 is 5.14. The maximum absolute atomic E-state index is 4.37. The average molecular weight is 423 g/mol. The Hall–Kier alpha value is -2.44. The van der Waals surface area contributed by atoms with Crippen molar-refractivity contribution in [3.63, 3.8) is 0 Å². The normalized spacial score (nSPS) is 10.8. The van der Waals surface area contributed by atoms with Crippen molar-refractivity contribution in [2.24, 2.45) is 0 Å². The predicted molar refractivity (Wildman–Crippen MR) is 108 cm³/mol. The molecule has 0 unspecified atom stereocenters. The van der Waals surface area contributed by atoms with Gasteiger partial charge >= 0.3 is 0 Å². The van der Waals surface area contributed by atoms with E-state index in [0.717, 1.165) is 32.2 Å². The molecule has 0 amide bonds. The van der Waals surface area contributed by atoms with Crippen LogP contribution in [0.5, 0.6) is 0 Å². The molecule has 0 saturated heterocycles. The summed E-state index contributed by atoms with van der Waals surface area (Å²) in [5, 5.41) is 9.64. The van der Waals surface area contributed by atoms with Gasteiger partial charge in [0.05, 0.1) is 12.0 Å². The lowest BCUT2D eigenvalue weighted by molar-refractivity contribution is 0.935. The molecular formula is C20H15BrN4S. The Balaban J connectivity index is 1.43. The summed E-state index contributed by atoms with van der Waals surface area (Å²) in [6, 6.07) is 20.6. The lowest BCUT2D eigenvalue weighted by atomic mass is 10.1. The number of imidazole rings is 1. The van der Waals surface area contributed by atoms with Crippen molar-refractivity contribution in [1.29, 1.82) is 0 Å². The first-order chi connectivity index (χ1) is 12.8. The monoisotopic (exact) mass is 422 g/mol. The highest BCUT2D eigenvalue weighted by Gasteiger charge is 2.04. The maximum Gasteiger partial charge on any atom is 0.119 e. The molecule has 0 saturated carbocycles. The van der Waals surface area contributed by atoms with Crippen LogP contribution < -0.4 is 0 Å². The molecule has 0 atom stereocenters. The van der Waals surface area contributed by atoms with Crippen molar-refractivity contribution in [3.05, 3.63) is 89.4 Å². The quantitative estimate of drug-likeness (QED) is 0.404. The molecule has 2 aromatic carbocycles. The van der Waals surface area contributed by atoms with E-state index < -0.39 is 0 Å². The van der Waals surface area contributed by atoms with E-state index in [-0.39, 0.29) is 0 Å². The first-order valence-corrected chi connectivity index (χ1v) is 9.85. The second-order valence-electron chi connectivity index (χ2n) is 5.69. The Kier molecular flexibility index (Phi) is 5.13. The van der Waals surface area contributed by atoms with Crippen LogP contribution in [0.25, 0.3) is 16.9 Å². The van der Waals surface area contributed by atoms with Crippen LogP contribution in [0.3, 0.4) is 0 Å². The van der Waals surface area contributed by atoms with Crippen LogP contribution in [-0.4, -0.2) is 19.7 Å². The van der Waals surface area contributed by atoms with E-state index in [1.165, 1.54) is 5.56 Å². The number of aromatic nitrogens is 4. The molecule has 4 aromatic rings. The third-order valence-corrected chi connectivity index (χ3v) is 5.43. The molecule has 2 heterocycles. The predicted octanol–water partition coefficient (Wildman–Crippen LogP) is 5.38. The zero-order valence-electron chi connectivity index (χ0n) is 13.8. The molecule has 128 valence electrons. The molecule has 0 spiro atoms. The molecule has 26 heavy (non-hydrogen) atoms. The minimum absolute atomic E-state index is 0.871. The van der Waals surface area contributed by atoms with Crippen molar-refractivity contribution < 1.29 is 0 Å². The lowest BCUT2D eigenvalue weighted by Gasteiger charge is -2.05. The first-order valence-electron chi connectivity index (χ1n) is 8.08. The van der Waals surface area contributed by atoms with Gasteiger partial charge in [-0.25, -0.2) is 4.98 Å². The van der Waals surface area contributed by atoms with Crippen molar-refractivity contribution in [1.82, 2.24) is 19.7 Å². The zero-order valence-corrected chi connectivity index (χ0v) is 16.2. The van der Waals surface area contributed by atoms with E-state index in [1.807, 2.05) is 35.0 Å². The van der Waals surface area contributed by atoms with Gasteiger partial charge in [-0.2, -0.15) is 0 Å². The standard InChI is InChI=1S/C20H15BrN4S/c21-17-5-1-15(2-6-17)13-26-20-10-9-19(23-24-20)16-3-7-18(8-4-16)25-12-11-22-14-25/h1-12,14H,13H2. The third kappa shape index (κ3) is 4.03. The topological polar surface area (TPSA) is 43.6 Å². The second-order valence-corrected chi connectivity index (χ2v) is 7.60. The van der Waals surface area contributed by atoms with Gasteiger partial charge in [0.25, 0.3) is 0 Å². The van der Waals surface area contributed by atoms with E-state index in [4.69, 9.17) is 0 Å². The Morgan fingerprint density at radius 1 is 0.885 bits per heavy atom. The van der Waals surface area contributed by atoms with Gasteiger partial charge in [-0.05, 0) is 42.0 Å². The first kappa shape index (κ1) is 17.0. The SMILES string of the molecule is Brc1ccc(CSc2ccc(-c3ccc(-n4ccnc4)cc3)nn2)cc1. The summed E-state index contributed by atoms with van der Waals surface area (Å²) in [5.74, 6) is 0.876. The van der Waals surface area contributed by atoms with Crippen molar-refractivity contribution >= 4 is 27.7 Å². The van der Waals surface area contributed by atoms with Crippen LogP contribution in [0.15, 0.2) is 88.9 Å². The van der Waals surface area contributed by atoms with Crippen LogP contribution in [0, 0.1) is 0 Å². The summed E-state index contributed by atoms with van der Waals surface area (Å²) in [4.78, 5) is 4.07. The number of rotatable bonds is 5. The molecule has 0 fully saturated rings. The van der Waals surface area contributed by atoms with E-state index >= 15 is 0 Å². The van der Waals surface area contributed by atoms with Gasteiger partial charge in [-0.15, -0.1) is 10.2 Å². The highest BCUT2D eigenvalue weighted by molar-refractivity contribution is 9.10. The number of nitrogens with zero attached hydrogens (tertiary/aromatic N) is 4. The molecule has 0 aliphatic carbocycles. The highest BCUT2D eigenvalue weighted by Crippen LogP contribution is 2.24. The second kappa shape index (κ2) is 7.85. The van der Waals surface area contributed by atoms with Gasteiger partial charge in [-0.3, -0.25) is 0 Å². The Bertz CT molecular complexity index is 966. The van der Waals surface area contributed by atoms with Gasteiger partial charge < -0.3 is 4.57 Å². The zero-order chi connectivity index (χ0) is 17.8. The van der Waals surface area contributed by atoms with Crippen LogP contribution >= 0.6 is 27.7 Å². The minimum atomic E-state index is 0.871. The van der Waals surface area contributed by atoms with E-state index in [9.17, 15) is 0 Å². The fourth-order valence-electron chi connectivity index (χ4n) is 2.51. The summed E-state index contributed by atoms with van der Waals surface area (Å²) in [6.45, 7) is 0. The van der Waals surface area contributed by atoms with Crippen LogP contribution in [0.1, 0.15) is 5.56 Å². The smallest absolute Gasteiger partial charge is 0.119 e. The van der Waals surface area contributed by atoms with Crippen molar-refractivity contribution in [3.8, 4) is 16.9 Å². The number of thioether (sulfide) groups is 1. The van der Waals surface area contributed by atoms with Gasteiger partial charge in [0.2, 0.25) is 0 Å². The van der Waals surface area contributed by atoms with Gasteiger partial charge in [0.1, 0.15) is 5.03 Å². The summed E-state index contributed by atoms with van der Waals surface area (Å²) in [7, 11) is 0. The van der Waals surface area contributed by atoms with Gasteiger partial charge in [0, 0.05) is 33.9 Å². The maximum atomic E-state index is 4.37. The lowest BCUT2D eigenvalue weighted by Crippen LogP contribution is -1.92. The minimum Gasteiger partial charge on any atom is -0.306 e. The van der Waals surface area contributed by atoms with Gasteiger partial charge in [0.15, 0.2) is 0 Å². The van der Waals surface area contributed by atoms with E-state index in [0.29, 0.717) is 0 Å². The largest absolute Gasteiger partial charge is 0.306 e. The van der Waals surface area contributed by atoms with Crippen LogP contribution in [-0.2, 0) is 5.75 Å². The fourth-order valence-corrected chi connectivity index (χ4v) is 3.54. The summed E-state index contributed by atoms with van der Waals surface area (Å²) in [6.07, 6.45) is 5.47. The number of hydrogen-bond donors (Lipinski definition) is 0. The molecule has 0 aliphatic rings. The van der Waals surface area contributed by atoms with E-state index in [1.54, 1.807) is 24.3 Å². The molecule has 4 nitrogen and oxygen atoms in total. The van der Waals surface area contributed by atoms with Crippen molar-refractivity contribution in [2.45, 2.75) is 10.8 Å². The molecule has 6 heteroatoms. The molecule has 4 rings (SSSR count). The molecule has 2 aromatic heterocycles. The number of hydrogen-bond acceptors (Lipinski definition) is 4. The number of halogens is 1. The van der Waals surface area contributed by atoms with Crippen LogP contribution in [0.4, 0.5) is 0 Å². The number of benzene rings is 2. The average Bonchev–Trinajstić information content (AvgIpc) is 3.23. The Morgan fingerprint density at radius 3 is 2.35 bits per heavy atom. The summed E-state index contributed by atoms with van der Waals surface area (Å²) < 4.78 is 3.06. The van der Waals surface area contributed by atoms with Crippen molar-refractivity contribution in [2.75, 3.05) is 0 Å².